The molecule has 5 atom stereocenters. The highest BCUT2D eigenvalue weighted by molar-refractivity contribution is 5.77. The van der Waals surface area contributed by atoms with Crippen molar-refractivity contribution in [2.24, 2.45) is 23.5 Å². The lowest BCUT2D eigenvalue weighted by molar-refractivity contribution is -0.132. The van der Waals surface area contributed by atoms with Crippen LogP contribution in [0.25, 0.3) is 0 Å². The van der Waals surface area contributed by atoms with Gasteiger partial charge in [0.25, 0.3) is 0 Å². The predicted molar refractivity (Wildman–Crippen MR) is 73.4 cm³/mol. The van der Waals surface area contributed by atoms with E-state index in [1.165, 1.54) is 12.8 Å². The summed E-state index contributed by atoms with van der Waals surface area (Å²) in [6.07, 6.45) is 7.06. The van der Waals surface area contributed by atoms with Gasteiger partial charge in [0.15, 0.2) is 0 Å². The number of carbonyl (C=O) groups is 1. The number of nitrogens with zero attached hydrogens (tertiary/aromatic N) is 1. The van der Waals surface area contributed by atoms with Gasteiger partial charge in [-0.2, -0.15) is 0 Å². The van der Waals surface area contributed by atoms with Crippen LogP contribution < -0.4 is 5.73 Å². The number of aliphatic hydroxyl groups is 1. The summed E-state index contributed by atoms with van der Waals surface area (Å²) in [6.45, 7) is 1.63. The highest BCUT2D eigenvalue weighted by Gasteiger charge is 2.43. The van der Waals surface area contributed by atoms with Gasteiger partial charge in [-0.15, -0.1) is 0 Å². The molecule has 3 rings (SSSR count). The molecular weight excluding hydrogens is 240 g/mol. The zero-order valence-electron chi connectivity index (χ0n) is 11.6. The zero-order valence-corrected chi connectivity index (χ0v) is 11.6. The average molecular weight is 266 g/mol. The van der Waals surface area contributed by atoms with Crippen molar-refractivity contribution in [2.45, 2.75) is 57.1 Å². The Balaban J connectivity index is 1.54. The topological polar surface area (TPSA) is 66.6 Å². The lowest BCUT2D eigenvalue weighted by Crippen LogP contribution is -2.38. The van der Waals surface area contributed by atoms with Gasteiger partial charge in [-0.25, -0.2) is 0 Å². The van der Waals surface area contributed by atoms with Gasteiger partial charge in [0, 0.05) is 31.5 Å². The minimum atomic E-state index is -0.181. The van der Waals surface area contributed by atoms with Crippen molar-refractivity contribution in [1.82, 2.24) is 4.90 Å². The van der Waals surface area contributed by atoms with Crippen molar-refractivity contribution < 1.29 is 9.90 Å². The highest BCUT2D eigenvalue weighted by Crippen LogP contribution is 2.38. The van der Waals surface area contributed by atoms with Crippen molar-refractivity contribution in [2.75, 3.05) is 13.1 Å². The molecule has 0 aromatic carbocycles. The number of likely N-dealkylation sites (tertiary alicyclic amines) is 1. The molecule has 4 nitrogen and oxygen atoms in total. The lowest BCUT2D eigenvalue weighted by atomic mass is 9.83. The van der Waals surface area contributed by atoms with Gasteiger partial charge in [-0.1, -0.05) is 12.8 Å². The summed E-state index contributed by atoms with van der Waals surface area (Å²) in [6, 6.07) is 0.213. The Morgan fingerprint density at radius 2 is 1.95 bits per heavy atom. The van der Waals surface area contributed by atoms with Gasteiger partial charge in [0.05, 0.1) is 6.10 Å². The fourth-order valence-corrected chi connectivity index (χ4v) is 4.28. The Hall–Kier alpha value is -0.610. The number of hydrogen-bond acceptors (Lipinski definition) is 3. The number of carbonyl (C=O) groups excluding carboxylic acids is 1. The average Bonchev–Trinajstić information content (AvgIpc) is 2.95. The van der Waals surface area contributed by atoms with Crippen LogP contribution in [-0.4, -0.2) is 41.1 Å². The molecule has 2 aliphatic carbocycles. The fourth-order valence-electron chi connectivity index (χ4n) is 4.28. The van der Waals surface area contributed by atoms with Crippen LogP contribution in [0.5, 0.6) is 0 Å². The molecule has 108 valence electrons. The summed E-state index contributed by atoms with van der Waals surface area (Å²) in [5, 5.41) is 9.90. The molecule has 4 heteroatoms. The van der Waals surface area contributed by atoms with Gasteiger partial charge in [0.1, 0.15) is 0 Å². The van der Waals surface area contributed by atoms with Gasteiger partial charge in [-0.05, 0) is 37.5 Å². The van der Waals surface area contributed by atoms with Crippen LogP contribution in [0, 0.1) is 17.8 Å². The summed E-state index contributed by atoms with van der Waals surface area (Å²) in [5.41, 5.74) is 6.13. The van der Waals surface area contributed by atoms with E-state index < -0.39 is 0 Å². The number of amides is 1. The van der Waals surface area contributed by atoms with Crippen molar-refractivity contribution in [3.05, 3.63) is 0 Å². The van der Waals surface area contributed by atoms with Crippen molar-refractivity contribution in [3.63, 3.8) is 0 Å². The summed E-state index contributed by atoms with van der Waals surface area (Å²) < 4.78 is 0. The molecular formula is C15H26N2O2. The maximum Gasteiger partial charge on any atom is 0.222 e. The number of fused-ring (bicyclic) bond motifs is 1. The van der Waals surface area contributed by atoms with E-state index in [0.717, 1.165) is 38.8 Å². The number of aliphatic hydroxyl groups excluding tert-OH is 1. The summed E-state index contributed by atoms with van der Waals surface area (Å²) in [4.78, 5) is 14.4. The predicted octanol–water partition coefficient (Wildman–Crippen LogP) is 1.12. The van der Waals surface area contributed by atoms with E-state index in [2.05, 4.69) is 0 Å². The maximum atomic E-state index is 12.4. The lowest BCUT2D eigenvalue weighted by Gasteiger charge is -2.29. The first-order valence-electron chi connectivity index (χ1n) is 7.86. The third kappa shape index (κ3) is 2.65. The number of nitrogens with two attached hydrogens (primary N) is 1. The molecule has 3 fully saturated rings. The second-order valence-corrected chi connectivity index (χ2v) is 6.78. The molecule has 3 aliphatic rings. The van der Waals surface area contributed by atoms with Crippen LogP contribution in [0.2, 0.25) is 0 Å². The molecule has 0 aromatic heterocycles. The monoisotopic (exact) mass is 266 g/mol. The van der Waals surface area contributed by atoms with E-state index in [1.807, 2.05) is 4.90 Å². The van der Waals surface area contributed by atoms with Gasteiger partial charge < -0.3 is 15.7 Å². The Kier molecular flexibility index (Phi) is 3.81. The zero-order chi connectivity index (χ0) is 13.4. The maximum absolute atomic E-state index is 12.4. The Labute approximate surface area is 115 Å². The van der Waals surface area contributed by atoms with E-state index in [-0.39, 0.29) is 18.1 Å². The number of hydrogen-bond donors (Lipinski definition) is 2. The van der Waals surface area contributed by atoms with Crippen LogP contribution in [0.3, 0.4) is 0 Å². The molecule has 2 saturated carbocycles. The molecule has 0 spiro atoms. The van der Waals surface area contributed by atoms with Gasteiger partial charge >= 0.3 is 0 Å². The first kappa shape index (κ1) is 13.4. The largest absolute Gasteiger partial charge is 0.393 e. The second-order valence-electron chi connectivity index (χ2n) is 6.78. The number of rotatable bonds is 2. The normalized spacial score (nSPS) is 42.4. The Bertz CT molecular complexity index is 347. The molecule has 1 amide bonds. The van der Waals surface area contributed by atoms with E-state index in [0.29, 0.717) is 24.2 Å². The molecule has 1 heterocycles. The van der Waals surface area contributed by atoms with Crippen LogP contribution in [0.4, 0.5) is 0 Å². The minimum absolute atomic E-state index is 0.181. The van der Waals surface area contributed by atoms with Crippen LogP contribution in [0.1, 0.15) is 44.9 Å². The molecule has 0 radical (unpaired) electrons. The van der Waals surface area contributed by atoms with Crippen LogP contribution in [0.15, 0.2) is 0 Å². The molecule has 5 unspecified atom stereocenters. The van der Waals surface area contributed by atoms with Gasteiger partial charge in [0.2, 0.25) is 5.91 Å². The molecule has 0 bridgehead atoms. The fraction of sp³-hybridized carbons (Fsp3) is 0.933. The van der Waals surface area contributed by atoms with Crippen LogP contribution in [-0.2, 0) is 4.79 Å². The van der Waals surface area contributed by atoms with E-state index in [1.54, 1.807) is 0 Å². The standard InChI is InChI=1S/C15H26N2O2/c16-13-4-2-1-3-10(13)7-15(19)17-8-11-5-6-14(18)12(11)9-17/h10-14,18H,1-9,16H2. The summed E-state index contributed by atoms with van der Waals surface area (Å²) in [5.74, 6) is 1.53. The second kappa shape index (κ2) is 5.41. The third-order valence-corrected chi connectivity index (χ3v) is 5.58. The quantitative estimate of drug-likeness (QED) is 0.787. The minimum Gasteiger partial charge on any atom is -0.393 e. The van der Waals surface area contributed by atoms with Crippen molar-refractivity contribution >= 4 is 5.91 Å². The highest BCUT2D eigenvalue weighted by atomic mass is 16.3. The first-order chi connectivity index (χ1) is 9.15. The molecule has 0 aromatic rings. The van der Waals surface area contributed by atoms with Gasteiger partial charge in [-0.3, -0.25) is 4.79 Å². The first-order valence-corrected chi connectivity index (χ1v) is 7.86. The van der Waals surface area contributed by atoms with Crippen molar-refractivity contribution in [1.29, 1.82) is 0 Å². The SMILES string of the molecule is NC1CCCCC1CC(=O)N1CC2CCC(O)C2C1. The molecule has 1 aliphatic heterocycles. The van der Waals surface area contributed by atoms with Crippen LogP contribution >= 0.6 is 0 Å². The Morgan fingerprint density at radius 3 is 2.68 bits per heavy atom. The molecule has 3 N–H and O–H groups in total. The Morgan fingerprint density at radius 1 is 1.16 bits per heavy atom. The molecule has 19 heavy (non-hydrogen) atoms. The summed E-state index contributed by atoms with van der Waals surface area (Å²) >= 11 is 0. The van der Waals surface area contributed by atoms with E-state index >= 15 is 0 Å². The molecule has 1 saturated heterocycles. The third-order valence-electron chi connectivity index (χ3n) is 5.58. The summed E-state index contributed by atoms with van der Waals surface area (Å²) in [7, 11) is 0. The smallest absolute Gasteiger partial charge is 0.222 e. The van der Waals surface area contributed by atoms with E-state index in [4.69, 9.17) is 5.73 Å². The van der Waals surface area contributed by atoms with Crippen molar-refractivity contribution in [3.8, 4) is 0 Å². The van der Waals surface area contributed by atoms with E-state index in [9.17, 15) is 9.90 Å².